The highest BCUT2D eigenvalue weighted by atomic mass is 79.9. The number of rotatable bonds is 2. The molecule has 1 N–H and O–H groups in total. The van der Waals surface area contributed by atoms with Crippen molar-refractivity contribution in [1.29, 1.82) is 0 Å². The highest BCUT2D eigenvalue weighted by Gasteiger charge is 2.17. The molecule has 0 saturated carbocycles. The van der Waals surface area contributed by atoms with Gasteiger partial charge in [0, 0.05) is 10.0 Å². The lowest BCUT2D eigenvalue weighted by Gasteiger charge is -2.14. The summed E-state index contributed by atoms with van der Waals surface area (Å²) in [6.07, 6.45) is -1.18. The third-order valence-corrected chi connectivity index (χ3v) is 3.59. The number of aliphatic hydroxyl groups excluding tert-OH is 1. The molecule has 18 heavy (non-hydrogen) atoms. The Morgan fingerprint density at radius 1 is 1.17 bits per heavy atom. The Labute approximate surface area is 112 Å². The second kappa shape index (κ2) is 5.16. The fraction of sp³-hybridized carbons (Fsp3) is 0.143. The molecular weight excluding hydrogens is 302 g/mol. The van der Waals surface area contributed by atoms with Crippen LogP contribution in [0.15, 0.2) is 40.9 Å². The van der Waals surface area contributed by atoms with E-state index in [1.54, 1.807) is 13.0 Å². The van der Waals surface area contributed by atoms with E-state index >= 15 is 0 Å². The smallest absolute Gasteiger partial charge is 0.129 e. The summed E-state index contributed by atoms with van der Waals surface area (Å²) in [5, 5.41) is 10.1. The van der Waals surface area contributed by atoms with Crippen molar-refractivity contribution in [2.45, 2.75) is 13.0 Å². The van der Waals surface area contributed by atoms with E-state index in [1.807, 2.05) is 0 Å². The highest BCUT2D eigenvalue weighted by molar-refractivity contribution is 9.10. The van der Waals surface area contributed by atoms with Crippen molar-refractivity contribution in [3.8, 4) is 0 Å². The van der Waals surface area contributed by atoms with Gasteiger partial charge in [-0.05, 0) is 42.3 Å². The van der Waals surface area contributed by atoms with E-state index in [0.717, 1.165) is 5.56 Å². The molecule has 94 valence electrons. The Morgan fingerprint density at radius 2 is 1.89 bits per heavy atom. The molecule has 2 aromatic rings. The van der Waals surface area contributed by atoms with E-state index in [-0.39, 0.29) is 5.56 Å². The van der Waals surface area contributed by atoms with Gasteiger partial charge in [-0.1, -0.05) is 28.1 Å². The number of halogens is 3. The second-order valence-electron chi connectivity index (χ2n) is 4.08. The van der Waals surface area contributed by atoms with Crippen molar-refractivity contribution in [3.05, 3.63) is 69.2 Å². The maximum absolute atomic E-state index is 13.8. The van der Waals surface area contributed by atoms with Gasteiger partial charge in [0.2, 0.25) is 0 Å². The van der Waals surface area contributed by atoms with Crippen LogP contribution in [0.2, 0.25) is 0 Å². The van der Waals surface area contributed by atoms with Gasteiger partial charge in [-0.3, -0.25) is 0 Å². The lowest BCUT2D eigenvalue weighted by molar-refractivity contribution is 0.214. The Morgan fingerprint density at radius 3 is 2.56 bits per heavy atom. The molecule has 0 aliphatic rings. The van der Waals surface area contributed by atoms with E-state index in [0.29, 0.717) is 10.0 Å². The van der Waals surface area contributed by atoms with Gasteiger partial charge in [0.15, 0.2) is 0 Å². The van der Waals surface area contributed by atoms with Crippen molar-refractivity contribution in [3.63, 3.8) is 0 Å². The molecule has 2 rings (SSSR count). The third-order valence-electron chi connectivity index (χ3n) is 2.74. The van der Waals surface area contributed by atoms with Crippen molar-refractivity contribution in [1.82, 2.24) is 0 Å². The van der Waals surface area contributed by atoms with Crippen molar-refractivity contribution >= 4 is 15.9 Å². The quantitative estimate of drug-likeness (QED) is 0.884. The van der Waals surface area contributed by atoms with Gasteiger partial charge in [-0.2, -0.15) is 0 Å². The second-order valence-corrected chi connectivity index (χ2v) is 4.93. The lowest BCUT2D eigenvalue weighted by Crippen LogP contribution is -2.03. The fourth-order valence-corrected chi connectivity index (χ4v) is 2.09. The van der Waals surface area contributed by atoms with E-state index < -0.39 is 17.7 Å². The maximum atomic E-state index is 13.8. The van der Waals surface area contributed by atoms with Crippen molar-refractivity contribution in [2.24, 2.45) is 0 Å². The standard InChI is InChI=1S/C14H11BrF2O/c1-8-5-13(17)11(7-12(8)15)14(18)9-3-2-4-10(16)6-9/h2-7,14,18H,1H3. The molecule has 0 aromatic heterocycles. The largest absolute Gasteiger partial charge is 0.384 e. The van der Waals surface area contributed by atoms with E-state index in [2.05, 4.69) is 15.9 Å². The molecule has 1 unspecified atom stereocenters. The van der Waals surface area contributed by atoms with E-state index in [1.165, 1.54) is 30.3 Å². The minimum atomic E-state index is -1.18. The first-order valence-corrected chi connectivity index (χ1v) is 6.17. The van der Waals surface area contributed by atoms with Crippen molar-refractivity contribution < 1.29 is 13.9 Å². The lowest BCUT2D eigenvalue weighted by atomic mass is 10.00. The summed E-state index contributed by atoms with van der Waals surface area (Å²) in [7, 11) is 0. The molecule has 0 radical (unpaired) electrons. The number of aryl methyl sites for hydroxylation is 1. The molecule has 2 aromatic carbocycles. The summed E-state index contributed by atoms with van der Waals surface area (Å²) in [5.74, 6) is -0.967. The minimum absolute atomic E-state index is 0.123. The van der Waals surface area contributed by atoms with Crippen LogP contribution in [-0.2, 0) is 0 Å². The Balaban J connectivity index is 2.46. The van der Waals surface area contributed by atoms with Gasteiger partial charge in [-0.15, -0.1) is 0 Å². The highest BCUT2D eigenvalue weighted by Crippen LogP contribution is 2.29. The van der Waals surface area contributed by atoms with Gasteiger partial charge in [-0.25, -0.2) is 8.78 Å². The number of benzene rings is 2. The summed E-state index contributed by atoms with van der Waals surface area (Å²) in [6, 6.07) is 8.35. The zero-order chi connectivity index (χ0) is 13.3. The number of hydrogen-bond donors (Lipinski definition) is 1. The van der Waals surface area contributed by atoms with Gasteiger partial charge >= 0.3 is 0 Å². The van der Waals surface area contributed by atoms with Crippen LogP contribution in [-0.4, -0.2) is 5.11 Å². The normalized spacial score (nSPS) is 12.5. The van der Waals surface area contributed by atoms with E-state index in [9.17, 15) is 13.9 Å². The molecule has 0 amide bonds. The average molecular weight is 313 g/mol. The molecule has 0 aliphatic carbocycles. The zero-order valence-corrected chi connectivity index (χ0v) is 11.2. The molecule has 1 atom stereocenters. The zero-order valence-electron chi connectivity index (χ0n) is 9.62. The SMILES string of the molecule is Cc1cc(F)c(C(O)c2cccc(F)c2)cc1Br. The van der Waals surface area contributed by atoms with Crippen LogP contribution < -0.4 is 0 Å². The van der Waals surface area contributed by atoms with Crippen LogP contribution in [0, 0.1) is 18.6 Å². The molecule has 0 bridgehead atoms. The molecule has 0 spiro atoms. The monoisotopic (exact) mass is 312 g/mol. The van der Waals surface area contributed by atoms with Gasteiger partial charge in [0.05, 0.1) is 0 Å². The number of hydrogen-bond acceptors (Lipinski definition) is 1. The van der Waals surface area contributed by atoms with Crippen LogP contribution in [0.4, 0.5) is 8.78 Å². The first kappa shape index (κ1) is 13.2. The number of aliphatic hydroxyl groups is 1. The molecular formula is C14H11BrF2O. The minimum Gasteiger partial charge on any atom is -0.384 e. The van der Waals surface area contributed by atoms with Gasteiger partial charge in [0.1, 0.15) is 17.7 Å². The first-order chi connectivity index (χ1) is 8.49. The average Bonchev–Trinajstić information content (AvgIpc) is 2.33. The van der Waals surface area contributed by atoms with Gasteiger partial charge < -0.3 is 5.11 Å². The van der Waals surface area contributed by atoms with Crippen LogP contribution in [0.25, 0.3) is 0 Å². The van der Waals surface area contributed by atoms with Crippen molar-refractivity contribution in [2.75, 3.05) is 0 Å². The Hall–Kier alpha value is -1.26. The molecule has 4 heteroatoms. The topological polar surface area (TPSA) is 20.2 Å². The predicted molar refractivity (Wildman–Crippen MR) is 69.3 cm³/mol. The fourth-order valence-electron chi connectivity index (χ4n) is 1.73. The van der Waals surface area contributed by atoms with Gasteiger partial charge in [0.25, 0.3) is 0 Å². The molecule has 0 aliphatic heterocycles. The summed E-state index contributed by atoms with van der Waals surface area (Å²) in [4.78, 5) is 0. The van der Waals surface area contributed by atoms with E-state index in [4.69, 9.17) is 0 Å². The Kier molecular flexibility index (Phi) is 3.78. The van der Waals surface area contributed by atoms with Crippen LogP contribution in [0.3, 0.4) is 0 Å². The summed E-state index contributed by atoms with van der Waals surface area (Å²) in [6.45, 7) is 1.76. The summed E-state index contributed by atoms with van der Waals surface area (Å²) < 4.78 is 27.6. The predicted octanol–water partition coefficient (Wildman–Crippen LogP) is 4.12. The molecule has 0 saturated heterocycles. The maximum Gasteiger partial charge on any atom is 0.129 e. The van der Waals surface area contributed by atoms with Crippen LogP contribution in [0.1, 0.15) is 22.8 Å². The van der Waals surface area contributed by atoms with Crippen LogP contribution in [0.5, 0.6) is 0 Å². The molecule has 0 heterocycles. The summed E-state index contributed by atoms with van der Waals surface area (Å²) in [5.41, 5.74) is 1.19. The van der Waals surface area contributed by atoms with Crippen LogP contribution >= 0.6 is 15.9 Å². The third kappa shape index (κ3) is 2.60. The Bertz CT molecular complexity index is 584. The molecule has 0 fully saturated rings. The summed E-state index contributed by atoms with van der Waals surface area (Å²) >= 11 is 3.28. The first-order valence-electron chi connectivity index (χ1n) is 5.38. The molecule has 1 nitrogen and oxygen atoms in total.